The zero-order valence-electron chi connectivity index (χ0n) is 16.0. The van der Waals surface area contributed by atoms with Crippen LogP contribution in [0.25, 0.3) is 11.4 Å². The van der Waals surface area contributed by atoms with E-state index >= 15 is 0 Å². The third kappa shape index (κ3) is 6.58. The Morgan fingerprint density at radius 1 is 0.885 bits per heavy atom. The minimum atomic E-state index is -0.260. The number of unbranched alkanes of at least 4 members (excludes halogenated alkanes) is 5. The highest BCUT2D eigenvalue weighted by atomic mass is 16.5. The molecule has 1 aromatic heterocycles. The summed E-state index contributed by atoms with van der Waals surface area (Å²) in [7, 11) is 0. The second-order valence-corrected chi connectivity index (χ2v) is 6.65. The summed E-state index contributed by atoms with van der Waals surface area (Å²) >= 11 is 0. The van der Waals surface area contributed by atoms with Gasteiger partial charge in [-0.15, -0.1) is 0 Å². The van der Waals surface area contributed by atoms with Crippen LogP contribution in [-0.4, -0.2) is 22.5 Å². The Hall–Kier alpha value is -2.23. The first-order valence-corrected chi connectivity index (χ1v) is 9.83. The normalized spacial score (nSPS) is 10.7. The van der Waals surface area contributed by atoms with E-state index in [1.807, 2.05) is 24.5 Å². The van der Waals surface area contributed by atoms with Crippen molar-refractivity contribution in [1.82, 2.24) is 9.97 Å². The average Bonchev–Trinajstić information content (AvgIpc) is 2.68. The van der Waals surface area contributed by atoms with Gasteiger partial charge in [-0.1, -0.05) is 64.5 Å². The third-order valence-corrected chi connectivity index (χ3v) is 4.35. The molecule has 0 unspecified atom stereocenters. The summed E-state index contributed by atoms with van der Waals surface area (Å²) in [5.74, 6) is 0.418. The van der Waals surface area contributed by atoms with E-state index in [1.165, 1.54) is 25.7 Å². The smallest absolute Gasteiger partial charge is 0.338 e. The highest BCUT2D eigenvalue weighted by Crippen LogP contribution is 2.16. The highest BCUT2D eigenvalue weighted by molar-refractivity contribution is 5.89. The molecule has 26 heavy (non-hydrogen) atoms. The van der Waals surface area contributed by atoms with Gasteiger partial charge in [0.1, 0.15) is 0 Å². The molecule has 0 fully saturated rings. The predicted molar refractivity (Wildman–Crippen MR) is 105 cm³/mol. The van der Waals surface area contributed by atoms with Gasteiger partial charge in [0.15, 0.2) is 5.82 Å². The summed E-state index contributed by atoms with van der Waals surface area (Å²) < 4.78 is 5.35. The van der Waals surface area contributed by atoms with Crippen molar-refractivity contribution in [2.75, 3.05) is 6.61 Å². The number of carbonyl (C=O) groups is 1. The Kier molecular flexibility index (Phi) is 8.81. The summed E-state index contributed by atoms with van der Waals surface area (Å²) in [6, 6.07) is 7.30. The van der Waals surface area contributed by atoms with Crippen LogP contribution in [0.5, 0.6) is 0 Å². The molecular formula is C22H30N2O2. The molecule has 0 aliphatic rings. The molecule has 0 aliphatic carbocycles. The van der Waals surface area contributed by atoms with Crippen LogP contribution in [0.15, 0.2) is 36.7 Å². The van der Waals surface area contributed by atoms with Gasteiger partial charge in [-0.05, 0) is 30.5 Å². The summed E-state index contributed by atoms with van der Waals surface area (Å²) in [4.78, 5) is 20.9. The van der Waals surface area contributed by atoms with Gasteiger partial charge in [-0.2, -0.15) is 0 Å². The first-order chi connectivity index (χ1) is 12.7. The molecule has 0 saturated carbocycles. The Balaban J connectivity index is 1.79. The van der Waals surface area contributed by atoms with Gasteiger partial charge in [0.05, 0.1) is 12.2 Å². The molecule has 4 heteroatoms. The lowest BCUT2D eigenvalue weighted by Crippen LogP contribution is -2.06. The van der Waals surface area contributed by atoms with Crippen molar-refractivity contribution in [1.29, 1.82) is 0 Å². The standard InChI is InChI=1S/C22H30N2O2/c1-3-5-6-7-8-9-15-26-22(25)20-13-11-19(12-14-20)21-23-16-18(10-4-2)17-24-21/h11-14,16-17H,3-10,15H2,1-2H3. The molecule has 0 radical (unpaired) electrons. The first kappa shape index (κ1) is 20.1. The number of hydrogen-bond acceptors (Lipinski definition) is 4. The van der Waals surface area contributed by atoms with E-state index in [4.69, 9.17) is 4.74 Å². The van der Waals surface area contributed by atoms with E-state index in [-0.39, 0.29) is 5.97 Å². The van der Waals surface area contributed by atoms with Gasteiger partial charge in [0.2, 0.25) is 0 Å². The average molecular weight is 354 g/mol. The van der Waals surface area contributed by atoms with Crippen LogP contribution in [0.4, 0.5) is 0 Å². The topological polar surface area (TPSA) is 52.1 Å². The lowest BCUT2D eigenvalue weighted by Gasteiger charge is -2.06. The second kappa shape index (κ2) is 11.4. The predicted octanol–water partition coefficient (Wildman–Crippen LogP) is 5.61. The lowest BCUT2D eigenvalue weighted by atomic mass is 10.1. The molecule has 0 saturated heterocycles. The number of ether oxygens (including phenoxy) is 1. The monoisotopic (exact) mass is 354 g/mol. The van der Waals surface area contributed by atoms with E-state index in [9.17, 15) is 4.79 Å². The molecular weight excluding hydrogens is 324 g/mol. The summed E-state index contributed by atoms with van der Waals surface area (Å²) in [6.07, 6.45) is 12.9. The van der Waals surface area contributed by atoms with Crippen molar-refractivity contribution in [2.45, 2.75) is 65.2 Å². The number of rotatable bonds is 11. The van der Waals surface area contributed by atoms with Crippen LogP contribution in [0.3, 0.4) is 0 Å². The molecule has 0 bridgehead atoms. The van der Waals surface area contributed by atoms with Crippen LogP contribution in [0.2, 0.25) is 0 Å². The minimum Gasteiger partial charge on any atom is -0.462 e. The number of carbonyl (C=O) groups excluding carboxylic acids is 1. The van der Waals surface area contributed by atoms with E-state index < -0.39 is 0 Å². The maximum Gasteiger partial charge on any atom is 0.338 e. The Morgan fingerprint density at radius 2 is 1.54 bits per heavy atom. The van der Waals surface area contributed by atoms with Gasteiger partial charge < -0.3 is 4.74 Å². The van der Waals surface area contributed by atoms with Crippen molar-refractivity contribution in [3.63, 3.8) is 0 Å². The van der Waals surface area contributed by atoms with Gasteiger partial charge in [0, 0.05) is 18.0 Å². The van der Waals surface area contributed by atoms with Crippen molar-refractivity contribution >= 4 is 5.97 Å². The zero-order valence-corrected chi connectivity index (χ0v) is 16.0. The third-order valence-electron chi connectivity index (χ3n) is 4.35. The lowest BCUT2D eigenvalue weighted by molar-refractivity contribution is 0.0497. The fourth-order valence-electron chi connectivity index (χ4n) is 2.81. The maximum atomic E-state index is 12.1. The number of aryl methyl sites for hydroxylation is 1. The van der Waals surface area contributed by atoms with Crippen LogP contribution >= 0.6 is 0 Å². The largest absolute Gasteiger partial charge is 0.462 e. The molecule has 2 aromatic rings. The molecule has 140 valence electrons. The second-order valence-electron chi connectivity index (χ2n) is 6.65. The number of hydrogen-bond donors (Lipinski definition) is 0. The van der Waals surface area contributed by atoms with Crippen molar-refractivity contribution in [2.24, 2.45) is 0 Å². The number of aromatic nitrogens is 2. The minimum absolute atomic E-state index is 0.260. The van der Waals surface area contributed by atoms with E-state index in [1.54, 1.807) is 12.1 Å². The summed E-state index contributed by atoms with van der Waals surface area (Å²) in [5, 5.41) is 0. The molecule has 0 N–H and O–H groups in total. The van der Waals surface area contributed by atoms with Gasteiger partial charge in [-0.25, -0.2) is 14.8 Å². The summed E-state index contributed by atoms with van der Waals surface area (Å²) in [5.41, 5.74) is 2.62. The Labute approximate surface area is 157 Å². The van der Waals surface area contributed by atoms with Gasteiger partial charge >= 0.3 is 5.97 Å². The Morgan fingerprint density at radius 3 is 2.19 bits per heavy atom. The maximum absolute atomic E-state index is 12.1. The number of benzene rings is 1. The first-order valence-electron chi connectivity index (χ1n) is 9.83. The molecule has 1 aromatic carbocycles. The van der Waals surface area contributed by atoms with Crippen LogP contribution in [0.1, 0.15) is 74.7 Å². The molecule has 0 amide bonds. The summed E-state index contributed by atoms with van der Waals surface area (Å²) in [6.45, 7) is 4.84. The number of nitrogens with zero attached hydrogens (tertiary/aromatic N) is 2. The fourth-order valence-corrected chi connectivity index (χ4v) is 2.81. The molecule has 4 nitrogen and oxygen atoms in total. The highest BCUT2D eigenvalue weighted by Gasteiger charge is 2.08. The SMILES string of the molecule is CCCCCCCCOC(=O)c1ccc(-c2ncc(CCC)cn2)cc1. The van der Waals surface area contributed by atoms with Gasteiger partial charge in [0.25, 0.3) is 0 Å². The molecule has 0 atom stereocenters. The van der Waals surface area contributed by atoms with Crippen LogP contribution in [-0.2, 0) is 11.2 Å². The van der Waals surface area contributed by atoms with Crippen molar-refractivity contribution in [3.05, 3.63) is 47.8 Å². The Bertz CT molecular complexity index is 651. The van der Waals surface area contributed by atoms with Crippen LogP contribution in [0, 0.1) is 0 Å². The van der Waals surface area contributed by atoms with Gasteiger partial charge in [-0.3, -0.25) is 0 Å². The molecule has 0 spiro atoms. The van der Waals surface area contributed by atoms with Crippen molar-refractivity contribution < 1.29 is 9.53 Å². The van der Waals surface area contributed by atoms with E-state index in [2.05, 4.69) is 23.8 Å². The van der Waals surface area contributed by atoms with E-state index in [0.29, 0.717) is 18.0 Å². The van der Waals surface area contributed by atoms with Crippen molar-refractivity contribution in [3.8, 4) is 11.4 Å². The quantitative estimate of drug-likeness (QED) is 0.388. The number of esters is 1. The fraction of sp³-hybridized carbons (Fsp3) is 0.500. The zero-order chi connectivity index (χ0) is 18.6. The molecule has 0 aliphatic heterocycles. The van der Waals surface area contributed by atoms with E-state index in [0.717, 1.165) is 36.8 Å². The molecule has 1 heterocycles. The van der Waals surface area contributed by atoms with Crippen LogP contribution < -0.4 is 0 Å². The molecule has 2 rings (SSSR count).